The molecule has 0 bridgehead atoms. The van der Waals surface area contributed by atoms with Gasteiger partial charge in [-0.25, -0.2) is 9.98 Å². The van der Waals surface area contributed by atoms with Crippen LogP contribution >= 0.6 is 11.6 Å². The van der Waals surface area contributed by atoms with Gasteiger partial charge in [0.05, 0.1) is 13.1 Å². The topological polar surface area (TPSA) is 67.6 Å². The normalized spacial score (nSPS) is 12.8. The van der Waals surface area contributed by atoms with Gasteiger partial charge in [-0.3, -0.25) is 4.68 Å². The fraction of sp³-hybridized carbons (Fsp3) is 0.471. The maximum atomic E-state index is 5.89. The fourth-order valence-corrected chi connectivity index (χ4v) is 2.34. The van der Waals surface area contributed by atoms with Crippen molar-refractivity contribution in [3.05, 3.63) is 41.4 Å². The largest absolute Gasteiger partial charge is 0.489 e. The van der Waals surface area contributed by atoms with Crippen LogP contribution in [-0.2, 0) is 13.6 Å². The van der Waals surface area contributed by atoms with Crippen molar-refractivity contribution in [3.8, 4) is 5.75 Å². The monoisotopic (exact) mass is 364 g/mol. The Labute approximate surface area is 153 Å². The van der Waals surface area contributed by atoms with Gasteiger partial charge in [0, 0.05) is 25.7 Å². The van der Waals surface area contributed by atoms with Crippen LogP contribution in [0.25, 0.3) is 0 Å². The van der Waals surface area contributed by atoms with Crippen LogP contribution in [0.2, 0.25) is 5.02 Å². The maximum absolute atomic E-state index is 5.89. The zero-order valence-corrected chi connectivity index (χ0v) is 15.9. The van der Waals surface area contributed by atoms with Crippen molar-refractivity contribution >= 4 is 17.6 Å². The van der Waals surface area contributed by atoms with E-state index in [0.29, 0.717) is 18.1 Å². The van der Waals surface area contributed by atoms with Crippen LogP contribution in [0, 0.1) is 0 Å². The summed E-state index contributed by atoms with van der Waals surface area (Å²) in [6.07, 6.45) is 1.49. The van der Waals surface area contributed by atoms with Crippen LogP contribution < -0.4 is 10.1 Å². The molecule has 1 unspecified atom stereocenters. The van der Waals surface area contributed by atoms with E-state index in [1.165, 1.54) is 0 Å². The van der Waals surface area contributed by atoms with Gasteiger partial charge in [-0.1, -0.05) is 11.6 Å². The van der Waals surface area contributed by atoms with E-state index in [-0.39, 0.29) is 6.10 Å². The lowest BCUT2D eigenvalue weighted by Crippen LogP contribution is -2.39. The molecule has 0 saturated carbocycles. The van der Waals surface area contributed by atoms with Gasteiger partial charge in [0.25, 0.3) is 0 Å². The predicted molar refractivity (Wildman–Crippen MR) is 100.0 cm³/mol. The van der Waals surface area contributed by atoms with Crippen molar-refractivity contribution in [3.63, 3.8) is 0 Å². The van der Waals surface area contributed by atoms with Crippen molar-refractivity contribution in [2.75, 3.05) is 20.1 Å². The molecule has 1 aromatic carbocycles. The van der Waals surface area contributed by atoms with E-state index in [4.69, 9.17) is 16.3 Å². The summed E-state index contributed by atoms with van der Waals surface area (Å²) >= 11 is 5.89. The minimum Gasteiger partial charge on any atom is -0.489 e. The number of aryl methyl sites for hydroxylation is 1. The Balaban J connectivity index is 1.95. The van der Waals surface area contributed by atoms with Crippen molar-refractivity contribution in [2.45, 2.75) is 26.5 Å². The number of benzene rings is 1. The average molecular weight is 365 g/mol. The summed E-state index contributed by atoms with van der Waals surface area (Å²) in [5.74, 6) is 2.46. The third-order valence-electron chi connectivity index (χ3n) is 3.53. The molecule has 0 radical (unpaired) electrons. The van der Waals surface area contributed by atoms with Gasteiger partial charge in [0.1, 0.15) is 24.0 Å². The highest BCUT2D eigenvalue weighted by Gasteiger charge is 2.11. The van der Waals surface area contributed by atoms with Crippen molar-refractivity contribution < 1.29 is 4.74 Å². The Morgan fingerprint density at radius 1 is 1.40 bits per heavy atom. The van der Waals surface area contributed by atoms with Crippen LogP contribution in [0.1, 0.15) is 19.7 Å². The number of hydrogen-bond donors (Lipinski definition) is 1. The van der Waals surface area contributed by atoms with Crippen LogP contribution in [0.4, 0.5) is 0 Å². The summed E-state index contributed by atoms with van der Waals surface area (Å²) in [7, 11) is 3.85. The summed E-state index contributed by atoms with van der Waals surface area (Å²) in [6.45, 7) is 5.97. The molecular formula is C17H25ClN6O. The van der Waals surface area contributed by atoms with E-state index >= 15 is 0 Å². The van der Waals surface area contributed by atoms with Crippen molar-refractivity contribution in [1.82, 2.24) is 25.0 Å². The number of aliphatic imine (C=N–C) groups is 1. The van der Waals surface area contributed by atoms with E-state index in [2.05, 4.69) is 20.4 Å². The van der Waals surface area contributed by atoms with Crippen LogP contribution in [0.15, 0.2) is 35.6 Å². The van der Waals surface area contributed by atoms with Gasteiger partial charge in [0.15, 0.2) is 5.96 Å². The first-order valence-electron chi connectivity index (χ1n) is 8.24. The number of nitrogens with one attached hydrogen (secondary N) is 1. The molecule has 0 saturated heterocycles. The molecule has 2 aromatic rings. The second-order valence-electron chi connectivity index (χ2n) is 5.73. The molecule has 8 heteroatoms. The van der Waals surface area contributed by atoms with Gasteiger partial charge < -0.3 is 15.0 Å². The molecule has 25 heavy (non-hydrogen) atoms. The lowest BCUT2D eigenvalue weighted by molar-refractivity contribution is 0.229. The number of nitrogens with zero attached hydrogens (tertiary/aromatic N) is 5. The van der Waals surface area contributed by atoms with Gasteiger partial charge in [-0.15, -0.1) is 0 Å². The van der Waals surface area contributed by atoms with E-state index in [1.54, 1.807) is 11.0 Å². The second kappa shape index (κ2) is 9.27. The number of guanidine groups is 1. The highest BCUT2D eigenvalue weighted by atomic mass is 35.5. The summed E-state index contributed by atoms with van der Waals surface area (Å²) in [4.78, 5) is 10.9. The van der Waals surface area contributed by atoms with E-state index in [9.17, 15) is 0 Å². The number of aromatic nitrogens is 3. The Bertz CT molecular complexity index is 685. The minimum atomic E-state index is -0.0574. The molecule has 0 fully saturated rings. The van der Waals surface area contributed by atoms with Gasteiger partial charge in [-0.05, 0) is 38.1 Å². The molecule has 0 amide bonds. The molecular weight excluding hydrogens is 340 g/mol. The molecule has 1 aromatic heterocycles. The van der Waals surface area contributed by atoms with Crippen LogP contribution in [0.5, 0.6) is 5.75 Å². The minimum absolute atomic E-state index is 0.0574. The van der Waals surface area contributed by atoms with E-state index < -0.39 is 0 Å². The second-order valence-corrected chi connectivity index (χ2v) is 6.17. The van der Waals surface area contributed by atoms with Crippen molar-refractivity contribution in [2.24, 2.45) is 12.0 Å². The fourth-order valence-electron chi connectivity index (χ4n) is 2.22. The summed E-state index contributed by atoms with van der Waals surface area (Å²) < 4.78 is 7.62. The lowest BCUT2D eigenvalue weighted by Gasteiger charge is -2.22. The Kier molecular flexibility index (Phi) is 7.06. The smallest absolute Gasteiger partial charge is 0.194 e. The average Bonchev–Trinajstić information content (AvgIpc) is 2.98. The molecule has 1 N–H and O–H groups in total. The van der Waals surface area contributed by atoms with Gasteiger partial charge >= 0.3 is 0 Å². The molecule has 0 aliphatic heterocycles. The third kappa shape index (κ3) is 5.94. The molecule has 1 heterocycles. The quantitative estimate of drug-likeness (QED) is 0.603. The zero-order chi connectivity index (χ0) is 18.2. The van der Waals surface area contributed by atoms with Gasteiger partial charge in [0.2, 0.25) is 0 Å². The zero-order valence-electron chi connectivity index (χ0n) is 15.1. The Morgan fingerprint density at radius 3 is 2.72 bits per heavy atom. The summed E-state index contributed by atoms with van der Waals surface area (Å²) in [5.41, 5.74) is 0. The number of hydrogen-bond acceptors (Lipinski definition) is 4. The molecule has 2 rings (SSSR count). The summed E-state index contributed by atoms with van der Waals surface area (Å²) in [5, 5.41) is 8.07. The lowest BCUT2D eigenvalue weighted by atomic mass is 10.3. The predicted octanol–water partition coefficient (Wildman–Crippen LogP) is 2.33. The van der Waals surface area contributed by atoms with E-state index in [0.717, 1.165) is 24.1 Å². The maximum Gasteiger partial charge on any atom is 0.194 e. The van der Waals surface area contributed by atoms with Crippen LogP contribution in [-0.4, -0.2) is 51.9 Å². The molecule has 0 aliphatic carbocycles. The highest BCUT2D eigenvalue weighted by molar-refractivity contribution is 6.30. The first kappa shape index (κ1) is 19.1. The molecule has 1 atom stereocenters. The van der Waals surface area contributed by atoms with E-state index in [1.807, 2.05) is 57.1 Å². The first-order chi connectivity index (χ1) is 12.0. The Hall–Kier alpha value is -2.28. The van der Waals surface area contributed by atoms with Crippen LogP contribution in [0.3, 0.4) is 0 Å². The summed E-state index contributed by atoms with van der Waals surface area (Å²) in [6, 6.07) is 7.33. The number of rotatable bonds is 7. The number of ether oxygens (including phenoxy) is 1. The SMILES string of the molecule is CCNC(=NCC(C)Oc1ccc(Cl)cc1)N(C)Cc1ncnn1C. The first-order valence-corrected chi connectivity index (χ1v) is 8.62. The van der Waals surface area contributed by atoms with Crippen molar-refractivity contribution in [1.29, 1.82) is 0 Å². The molecule has 136 valence electrons. The molecule has 7 nitrogen and oxygen atoms in total. The number of halogens is 1. The highest BCUT2D eigenvalue weighted by Crippen LogP contribution is 2.16. The standard InChI is InChI=1S/C17H25ClN6O/c1-5-19-17(23(3)11-16-21-12-22-24(16)4)20-10-13(2)25-15-8-6-14(18)7-9-15/h6-9,12-13H,5,10-11H2,1-4H3,(H,19,20). The third-order valence-corrected chi connectivity index (χ3v) is 3.78. The Morgan fingerprint density at radius 2 is 2.12 bits per heavy atom. The molecule has 0 aliphatic rings. The van der Waals surface area contributed by atoms with Gasteiger partial charge in [-0.2, -0.15) is 5.10 Å². The molecule has 0 spiro atoms.